The molecule has 0 aliphatic carbocycles. The normalized spacial score (nSPS) is 18.0. The smallest absolute Gasteiger partial charge is 0.218 e. The molecule has 4 rings (SSSR count). The summed E-state index contributed by atoms with van der Waals surface area (Å²) in [6.45, 7) is 6.92. The highest BCUT2D eigenvalue weighted by Crippen LogP contribution is 2.29. The third kappa shape index (κ3) is 3.00. The summed E-state index contributed by atoms with van der Waals surface area (Å²) in [4.78, 5) is 7.26. The van der Waals surface area contributed by atoms with E-state index < -0.39 is 0 Å². The molecule has 3 nitrogen and oxygen atoms in total. The SMILES string of the molecule is Cc1cccc2cc3c(nc12)O[C@@H](C)CN(Cc1ccccc1)C3. The second-order valence-corrected chi connectivity index (χ2v) is 6.68. The van der Waals surface area contributed by atoms with Crippen LogP contribution < -0.4 is 4.74 Å². The third-order valence-corrected chi connectivity index (χ3v) is 4.56. The van der Waals surface area contributed by atoms with Gasteiger partial charge in [0.2, 0.25) is 5.88 Å². The minimum atomic E-state index is 0.129. The number of pyridine rings is 1. The van der Waals surface area contributed by atoms with E-state index in [1.165, 1.54) is 22.1 Å². The minimum absolute atomic E-state index is 0.129. The molecule has 3 aromatic rings. The number of nitrogens with zero attached hydrogens (tertiary/aromatic N) is 2. The van der Waals surface area contributed by atoms with E-state index in [0.717, 1.165) is 31.0 Å². The van der Waals surface area contributed by atoms with Crippen molar-refractivity contribution in [2.24, 2.45) is 0 Å². The molecule has 0 unspecified atom stereocenters. The van der Waals surface area contributed by atoms with Gasteiger partial charge in [0.05, 0.1) is 5.52 Å². The van der Waals surface area contributed by atoms with Crippen LogP contribution in [0.4, 0.5) is 0 Å². The van der Waals surface area contributed by atoms with Gasteiger partial charge in [0.1, 0.15) is 6.10 Å². The first kappa shape index (κ1) is 15.2. The quantitative estimate of drug-likeness (QED) is 0.703. The Hall–Kier alpha value is -2.39. The zero-order valence-electron chi connectivity index (χ0n) is 14.2. The minimum Gasteiger partial charge on any atom is -0.473 e. The van der Waals surface area contributed by atoms with Gasteiger partial charge in [0, 0.05) is 30.6 Å². The van der Waals surface area contributed by atoms with Crippen LogP contribution in [0.15, 0.2) is 54.6 Å². The summed E-state index contributed by atoms with van der Waals surface area (Å²) in [5.41, 5.74) is 4.74. The fourth-order valence-corrected chi connectivity index (χ4v) is 3.45. The zero-order chi connectivity index (χ0) is 16.5. The first-order chi connectivity index (χ1) is 11.7. The van der Waals surface area contributed by atoms with E-state index >= 15 is 0 Å². The summed E-state index contributed by atoms with van der Waals surface area (Å²) >= 11 is 0. The highest BCUT2D eigenvalue weighted by Gasteiger charge is 2.22. The van der Waals surface area contributed by atoms with Gasteiger partial charge < -0.3 is 4.74 Å². The molecule has 1 aliphatic rings. The maximum atomic E-state index is 6.14. The van der Waals surface area contributed by atoms with Crippen LogP contribution in [0.5, 0.6) is 5.88 Å². The Morgan fingerprint density at radius 1 is 1.12 bits per heavy atom. The van der Waals surface area contributed by atoms with Crippen molar-refractivity contribution in [3.63, 3.8) is 0 Å². The Balaban J connectivity index is 1.69. The summed E-state index contributed by atoms with van der Waals surface area (Å²) in [5.74, 6) is 0.792. The van der Waals surface area contributed by atoms with E-state index in [2.05, 4.69) is 73.3 Å². The molecule has 1 atom stereocenters. The first-order valence-corrected chi connectivity index (χ1v) is 8.51. The third-order valence-electron chi connectivity index (χ3n) is 4.56. The molecule has 3 heteroatoms. The largest absolute Gasteiger partial charge is 0.473 e. The number of ether oxygens (including phenoxy) is 1. The monoisotopic (exact) mass is 318 g/mol. The van der Waals surface area contributed by atoms with Gasteiger partial charge in [-0.3, -0.25) is 4.90 Å². The molecular weight excluding hydrogens is 296 g/mol. The fourth-order valence-electron chi connectivity index (χ4n) is 3.45. The number of rotatable bonds is 2. The Morgan fingerprint density at radius 3 is 2.79 bits per heavy atom. The maximum absolute atomic E-state index is 6.14. The molecule has 2 aromatic carbocycles. The number of aromatic nitrogens is 1. The number of benzene rings is 2. The summed E-state index contributed by atoms with van der Waals surface area (Å²) in [6.07, 6.45) is 0.129. The average molecular weight is 318 g/mol. The molecule has 0 amide bonds. The first-order valence-electron chi connectivity index (χ1n) is 8.51. The van der Waals surface area contributed by atoms with Gasteiger partial charge >= 0.3 is 0 Å². The van der Waals surface area contributed by atoms with Crippen molar-refractivity contribution in [3.05, 3.63) is 71.3 Å². The highest BCUT2D eigenvalue weighted by atomic mass is 16.5. The predicted molar refractivity (Wildman–Crippen MR) is 97.1 cm³/mol. The molecule has 0 N–H and O–H groups in total. The van der Waals surface area contributed by atoms with Crippen molar-refractivity contribution in [1.29, 1.82) is 0 Å². The number of para-hydroxylation sites is 1. The van der Waals surface area contributed by atoms with Crippen LogP contribution in [0.25, 0.3) is 10.9 Å². The molecule has 0 spiro atoms. The van der Waals surface area contributed by atoms with E-state index in [1.54, 1.807) is 0 Å². The van der Waals surface area contributed by atoms with Crippen molar-refractivity contribution < 1.29 is 4.74 Å². The second-order valence-electron chi connectivity index (χ2n) is 6.68. The van der Waals surface area contributed by atoms with Gasteiger partial charge in [-0.2, -0.15) is 0 Å². The topological polar surface area (TPSA) is 25.4 Å². The number of hydrogen-bond acceptors (Lipinski definition) is 3. The van der Waals surface area contributed by atoms with E-state index in [4.69, 9.17) is 9.72 Å². The van der Waals surface area contributed by atoms with Crippen LogP contribution in [-0.4, -0.2) is 22.5 Å². The maximum Gasteiger partial charge on any atom is 0.218 e. The lowest BCUT2D eigenvalue weighted by molar-refractivity contribution is 0.153. The van der Waals surface area contributed by atoms with E-state index in [9.17, 15) is 0 Å². The molecule has 2 heterocycles. The summed E-state index contributed by atoms with van der Waals surface area (Å²) in [7, 11) is 0. The molecule has 0 saturated carbocycles. The van der Waals surface area contributed by atoms with Crippen molar-refractivity contribution in [2.75, 3.05) is 6.54 Å². The van der Waals surface area contributed by atoms with E-state index in [1.807, 2.05) is 0 Å². The van der Waals surface area contributed by atoms with Gasteiger partial charge in [-0.25, -0.2) is 4.98 Å². The van der Waals surface area contributed by atoms with Crippen LogP contribution in [0, 0.1) is 6.92 Å². The Kier molecular flexibility index (Phi) is 3.95. The van der Waals surface area contributed by atoms with Gasteiger partial charge in [-0.05, 0) is 31.0 Å². The molecular formula is C21H22N2O. The number of aryl methyl sites for hydroxylation is 1. The molecule has 1 aromatic heterocycles. The second kappa shape index (κ2) is 6.25. The van der Waals surface area contributed by atoms with E-state index in [0.29, 0.717) is 0 Å². The Labute approximate surface area is 142 Å². The summed E-state index contributed by atoms with van der Waals surface area (Å²) < 4.78 is 6.14. The number of hydrogen-bond donors (Lipinski definition) is 0. The molecule has 1 aliphatic heterocycles. The summed E-state index contributed by atoms with van der Waals surface area (Å²) in [6, 6.07) is 19.2. The lowest BCUT2D eigenvalue weighted by Gasteiger charge is -2.21. The Morgan fingerprint density at radius 2 is 1.96 bits per heavy atom. The van der Waals surface area contributed by atoms with Crippen molar-refractivity contribution in [1.82, 2.24) is 9.88 Å². The molecule has 0 fully saturated rings. The molecule has 0 saturated heterocycles. The molecule has 24 heavy (non-hydrogen) atoms. The molecule has 122 valence electrons. The summed E-state index contributed by atoms with van der Waals surface area (Å²) in [5, 5.41) is 1.19. The van der Waals surface area contributed by atoms with Gasteiger partial charge in [-0.1, -0.05) is 48.5 Å². The van der Waals surface area contributed by atoms with Crippen LogP contribution in [0.2, 0.25) is 0 Å². The van der Waals surface area contributed by atoms with Crippen LogP contribution >= 0.6 is 0 Å². The average Bonchev–Trinajstić information content (AvgIpc) is 2.71. The zero-order valence-corrected chi connectivity index (χ0v) is 14.2. The predicted octanol–water partition coefficient (Wildman–Crippen LogP) is 4.33. The lowest BCUT2D eigenvalue weighted by atomic mass is 10.1. The molecule has 0 bridgehead atoms. The Bertz CT molecular complexity index is 860. The van der Waals surface area contributed by atoms with Crippen LogP contribution in [0.3, 0.4) is 0 Å². The van der Waals surface area contributed by atoms with Gasteiger partial charge in [0.25, 0.3) is 0 Å². The van der Waals surface area contributed by atoms with Gasteiger partial charge in [-0.15, -0.1) is 0 Å². The fraction of sp³-hybridized carbons (Fsp3) is 0.286. The van der Waals surface area contributed by atoms with Crippen molar-refractivity contribution >= 4 is 10.9 Å². The molecule has 0 radical (unpaired) electrons. The van der Waals surface area contributed by atoms with Crippen LogP contribution in [0.1, 0.15) is 23.6 Å². The van der Waals surface area contributed by atoms with Crippen molar-refractivity contribution in [2.45, 2.75) is 33.0 Å². The highest BCUT2D eigenvalue weighted by molar-refractivity contribution is 5.83. The standard InChI is InChI=1S/C21H22N2O/c1-15-7-6-10-18-11-19-14-23(13-17-8-4-3-5-9-17)12-16(2)24-21(19)22-20(15)18/h3-11,16H,12-14H2,1-2H3/t16-/m0/s1. The lowest BCUT2D eigenvalue weighted by Crippen LogP contribution is -2.30. The number of fused-ring (bicyclic) bond motifs is 2. The van der Waals surface area contributed by atoms with Crippen molar-refractivity contribution in [3.8, 4) is 5.88 Å². The van der Waals surface area contributed by atoms with Crippen LogP contribution in [-0.2, 0) is 13.1 Å². The van der Waals surface area contributed by atoms with Gasteiger partial charge in [0.15, 0.2) is 0 Å². The van der Waals surface area contributed by atoms with E-state index in [-0.39, 0.29) is 6.10 Å².